The number of amides is 2. The summed E-state index contributed by atoms with van der Waals surface area (Å²) in [5, 5.41) is 0. The van der Waals surface area contributed by atoms with Gasteiger partial charge in [0.15, 0.2) is 0 Å². The molecule has 0 bridgehead atoms. The van der Waals surface area contributed by atoms with Gasteiger partial charge in [-0.25, -0.2) is 0 Å². The molecule has 2 amide bonds. The fourth-order valence-corrected chi connectivity index (χ4v) is 2.50. The number of ether oxygens (including phenoxy) is 2. The summed E-state index contributed by atoms with van der Waals surface area (Å²) in [4.78, 5) is 36.8. The Morgan fingerprint density at radius 3 is 2.48 bits per heavy atom. The first-order chi connectivity index (χ1) is 10.9. The molecule has 0 radical (unpaired) electrons. The van der Waals surface area contributed by atoms with E-state index in [9.17, 15) is 14.4 Å². The van der Waals surface area contributed by atoms with Gasteiger partial charge in [-0.1, -0.05) is 12.1 Å². The van der Waals surface area contributed by atoms with Crippen molar-refractivity contribution >= 4 is 17.8 Å². The number of carbonyl (C=O) groups excluding carboxylic acids is 3. The lowest BCUT2D eigenvalue weighted by molar-refractivity contribution is -0.152. The monoisotopic (exact) mass is 319 g/mol. The normalized spacial score (nSPS) is 17.7. The largest absolute Gasteiger partial charge is 0.491 e. The molecule has 0 aliphatic carbocycles. The molecule has 1 saturated heterocycles. The molecular weight excluding hydrogens is 298 g/mol. The summed E-state index contributed by atoms with van der Waals surface area (Å²) in [6, 6.07) is 7.12. The minimum atomic E-state index is -0.574. The Labute approximate surface area is 135 Å². The highest BCUT2D eigenvalue weighted by atomic mass is 16.5. The molecule has 1 atom stereocenters. The zero-order valence-electron chi connectivity index (χ0n) is 13.6. The van der Waals surface area contributed by atoms with Crippen molar-refractivity contribution in [3.8, 4) is 5.75 Å². The highest BCUT2D eigenvalue weighted by molar-refractivity contribution is 6.07. The molecule has 1 aliphatic rings. The standard InChI is InChI=1S/C17H21NO5/c1-4-22-16(20)10-18-15(19)9-14(17(18)21)12-5-7-13(8-6-12)23-11(2)3/h5-8,11,14H,4,9-10H2,1-3H3. The number of hydrogen-bond donors (Lipinski definition) is 0. The van der Waals surface area contributed by atoms with E-state index in [2.05, 4.69) is 0 Å². The summed E-state index contributed by atoms with van der Waals surface area (Å²) in [6.07, 6.45) is 0.137. The zero-order valence-corrected chi connectivity index (χ0v) is 13.6. The number of benzene rings is 1. The zero-order chi connectivity index (χ0) is 17.0. The summed E-state index contributed by atoms with van der Waals surface area (Å²) >= 11 is 0. The first-order valence-corrected chi connectivity index (χ1v) is 7.68. The number of esters is 1. The first kappa shape index (κ1) is 17.0. The molecule has 1 aromatic rings. The van der Waals surface area contributed by atoms with Crippen molar-refractivity contribution in [3.63, 3.8) is 0 Å². The smallest absolute Gasteiger partial charge is 0.326 e. The Morgan fingerprint density at radius 2 is 1.91 bits per heavy atom. The summed E-state index contributed by atoms with van der Waals surface area (Å²) in [5.74, 6) is -1.12. The molecule has 0 N–H and O–H groups in total. The fourth-order valence-electron chi connectivity index (χ4n) is 2.50. The third-order valence-electron chi connectivity index (χ3n) is 3.49. The van der Waals surface area contributed by atoms with Gasteiger partial charge in [0, 0.05) is 6.42 Å². The molecule has 1 aromatic carbocycles. The van der Waals surface area contributed by atoms with Gasteiger partial charge in [-0.05, 0) is 38.5 Å². The summed E-state index contributed by atoms with van der Waals surface area (Å²) in [6.45, 7) is 5.43. The van der Waals surface area contributed by atoms with Crippen molar-refractivity contribution in [2.24, 2.45) is 0 Å². The van der Waals surface area contributed by atoms with Gasteiger partial charge in [-0.2, -0.15) is 0 Å². The van der Waals surface area contributed by atoms with Crippen molar-refractivity contribution < 1.29 is 23.9 Å². The van der Waals surface area contributed by atoms with E-state index in [0.29, 0.717) is 5.75 Å². The van der Waals surface area contributed by atoms with Crippen LogP contribution in [0.3, 0.4) is 0 Å². The summed E-state index contributed by atoms with van der Waals surface area (Å²) in [7, 11) is 0. The number of rotatable bonds is 6. The highest BCUT2D eigenvalue weighted by Crippen LogP contribution is 2.30. The summed E-state index contributed by atoms with van der Waals surface area (Å²) in [5.41, 5.74) is 0.741. The number of likely N-dealkylation sites (tertiary alicyclic amines) is 1. The van der Waals surface area contributed by atoms with E-state index < -0.39 is 11.9 Å². The van der Waals surface area contributed by atoms with Crippen LogP contribution in [-0.4, -0.2) is 41.9 Å². The van der Waals surface area contributed by atoms with E-state index in [4.69, 9.17) is 9.47 Å². The highest BCUT2D eigenvalue weighted by Gasteiger charge is 2.40. The Morgan fingerprint density at radius 1 is 1.26 bits per heavy atom. The summed E-state index contributed by atoms with van der Waals surface area (Å²) < 4.78 is 10.3. The number of nitrogens with zero attached hydrogens (tertiary/aromatic N) is 1. The predicted octanol–water partition coefficient (Wildman–Crippen LogP) is 1.88. The molecule has 23 heavy (non-hydrogen) atoms. The lowest BCUT2D eigenvalue weighted by Crippen LogP contribution is -2.36. The Bertz CT molecular complexity index is 594. The maximum absolute atomic E-state index is 12.4. The maximum atomic E-state index is 12.4. The average Bonchev–Trinajstić information content (AvgIpc) is 2.76. The third kappa shape index (κ3) is 4.09. The second-order valence-electron chi connectivity index (χ2n) is 5.62. The van der Waals surface area contributed by atoms with Gasteiger partial charge in [0.05, 0.1) is 18.6 Å². The Hall–Kier alpha value is -2.37. The van der Waals surface area contributed by atoms with E-state index >= 15 is 0 Å². The van der Waals surface area contributed by atoms with Crippen LogP contribution in [0, 0.1) is 0 Å². The van der Waals surface area contributed by atoms with Gasteiger partial charge < -0.3 is 9.47 Å². The van der Waals surface area contributed by atoms with Crippen LogP contribution in [0.4, 0.5) is 0 Å². The Kier molecular flexibility index (Phi) is 5.36. The van der Waals surface area contributed by atoms with Crippen molar-refractivity contribution in [2.75, 3.05) is 13.2 Å². The van der Waals surface area contributed by atoms with Crippen LogP contribution < -0.4 is 4.74 Å². The van der Waals surface area contributed by atoms with Crippen LogP contribution in [0.5, 0.6) is 5.75 Å². The van der Waals surface area contributed by atoms with E-state index in [0.717, 1.165) is 10.5 Å². The molecule has 0 spiro atoms. The maximum Gasteiger partial charge on any atom is 0.326 e. The van der Waals surface area contributed by atoms with E-state index in [-0.39, 0.29) is 37.5 Å². The topological polar surface area (TPSA) is 72.9 Å². The second kappa shape index (κ2) is 7.26. The molecule has 6 heteroatoms. The predicted molar refractivity (Wildman–Crippen MR) is 82.9 cm³/mol. The minimum absolute atomic E-state index is 0.0654. The second-order valence-corrected chi connectivity index (χ2v) is 5.62. The average molecular weight is 319 g/mol. The van der Waals surface area contributed by atoms with Crippen molar-refractivity contribution in [1.82, 2.24) is 4.90 Å². The van der Waals surface area contributed by atoms with Crippen LogP contribution in [0.25, 0.3) is 0 Å². The van der Waals surface area contributed by atoms with Gasteiger partial charge in [0.1, 0.15) is 12.3 Å². The molecule has 0 aromatic heterocycles. The first-order valence-electron chi connectivity index (χ1n) is 7.68. The molecule has 124 valence electrons. The van der Waals surface area contributed by atoms with E-state index in [1.54, 1.807) is 31.2 Å². The molecule has 1 heterocycles. The van der Waals surface area contributed by atoms with Crippen LogP contribution >= 0.6 is 0 Å². The van der Waals surface area contributed by atoms with Crippen molar-refractivity contribution in [2.45, 2.75) is 39.2 Å². The van der Waals surface area contributed by atoms with E-state index in [1.165, 1.54) is 0 Å². The lowest BCUT2D eigenvalue weighted by Gasteiger charge is -2.14. The quantitative estimate of drug-likeness (QED) is 0.591. The molecule has 0 saturated carbocycles. The van der Waals surface area contributed by atoms with Crippen LogP contribution in [0.15, 0.2) is 24.3 Å². The number of imide groups is 1. The van der Waals surface area contributed by atoms with Gasteiger partial charge >= 0.3 is 5.97 Å². The molecule has 1 fully saturated rings. The molecule has 6 nitrogen and oxygen atoms in total. The molecular formula is C17H21NO5. The Balaban J connectivity index is 2.08. The molecule has 1 aliphatic heterocycles. The van der Waals surface area contributed by atoms with E-state index in [1.807, 2.05) is 13.8 Å². The van der Waals surface area contributed by atoms with Gasteiger partial charge in [0.25, 0.3) is 0 Å². The number of carbonyl (C=O) groups is 3. The van der Waals surface area contributed by atoms with Crippen LogP contribution in [0.2, 0.25) is 0 Å². The fraction of sp³-hybridized carbons (Fsp3) is 0.471. The molecule has 2 rings (SSSR count). The lowest BCUT2D eigenvalue weighted by atomic mass is 9.97. The SMILES string of the molecule is CCOC(=O)CN1C(=O)CC(c2ccc(OC(C)C)cc2)C1=O. The minimum Gasteiger partial charge on any atom is -0.491 e. The van der Waals surface area contributed by atoms with Crippen LogP contribution in [0.1, 0.15) is 38.7 Å². The van der Waals surface area contributed by atoms with Gasteiger partial charge in [-0.3, -0.25) is 19.3 Å². The van der Waals surface area contributed by atoms with Crippen molar-refractivity contribution in [3.05, 3.63) is 29.8 Å². The van der Waals surface area contributed by atoms with Crippen LogP contribution in [-0.2, 0) is 19.1 Å². The number of hydrogen-bond acceptors (Lipinski definition) is 5. The van der Waals surface area contributed by atoms with Gasteiger partial charge in [-0.15, -0.1) is 0 Å². The third-order valence-corrected chi connectivity index (χ3v) is 3.49. The van der Waals surface area contributed by atoms with Crippen molar-refractivity contribution in [1.29, 1.82) is 0 Å². The van der Waals surface area contributed by atoms with Gasteiger partial charge in [0.2, 0.25) is 11.8 Å². The molecule has 1 unspecified atom stereocenters.